The number of hydrogen-bond acceptors (Lipinski definition) is 6. The summed E-state index contributed by atoms with van der Waals surface area (Å²) in [5, 5.41) is 11.9. The molecular formula is C21H28N4O5. The number of ether oxygens (including phenoxy) is 1. The van der Waals surface area contributed by atoms with Crippen LogP contribution in [-0.4, -0.2) is 62.6 Å². The lowest BCUT2D eigenvalue weighted by Gasteiger charge is -2.25. The molecule has 1 unspecified atom stereocenters. The molecule has 0 aliphatic heterocycles. The van der Waals surface area contributed by atoms with Crippen LogP contribution in [0.25, 0.3) is 0 Å². The number of carbonyl (C=O) groups excluding carboxylic acids is 2. The molecule has 0 fully saturated rings. The van der Waals surface area contributed by atoms with Crippen LogP contribution < -0.4 is 5.32 Å². The molecule has 0 saturated carbocycles. The molecule has 9 heteroatoms. The number of carboxylic acids is 1. The normalized spacial score (nSPS) is 12.4. The zero-order chi connectivity index (χ0) is 22.1. The zero-order valence-corrected chi connectivity index (χ0v) is 17.4. The lowest BCUT2D eigenvalue weighted by molar-refractivity contribution is -0.158. The highest BCUT2D eigenvalue weighted by molar-refractivity contribution is 5.86. The molecule has 1 amide bonds. The number of aliphatic carboxylic acids is 1. The highest BCUT2D eigenvalue weighted by Gasteiger charge is 2.28. The molecule has 0 spiro atoms. The van der Waals surface area contributed by atoms with Gasteiger partial charge in [0, 0.05) is 24.9 Å². The number of amides is 1. The first-order valence-corrected chi connectivity index (χ1v) is 9.60. The second-order valence-electron chi connectivity index (χ2n) is 7.96. The number of nitrogens with one attached hydrogen (secondary N) is 2. The van der Waals surface area contributed by atoms with Gasteiger partial charge in [-0.3, -0.25) is 14.5 Å². The Balaban J connectivity index is 2.07. The van der Waals surface area contributed by atoms with Gasteiger partial charge in [0.05, 0.1) is 19.4 Å². The number of rotatable bonds is 10. The lowest BCUT2D eigenvalue weighted by Crippen LogP contribution is -2.49. The van der Waals surface area contributed by atoms with Gasteiger partial charge in [-0.1, -0.05) is 30.3 Å². The van der Waals surface area contributed by atoms with Crippen molar-refractivity contribution >= 4 is 17.8 Å². The smallest absolute Gasteiger partial charge is 0.329 e. The van der Waals surface area contributed by atoms with Crippen molar-refractivity contribution in [3.63, 3.8) is 0 Å². The maximum absolute atomic E-state index is 12.7. The third-order valence-electron chi connectivity index (χ3n) is 3.98. The number of carboxylic acid groups (broad SMARTS) is 1. The molecular weight excluding hydrogens is 388 g/mol. The van der Waals surface area contributed by atoms with Crippen molar-refractivity contribution in [2.75, 3.05) is 13.1 Å². The Morgan fingerprint density at radius 2 is 1.90 bits per heavy atom. The second kappa shape index (κ2) is 10.5. The molecule has 1 aromatic carbocycles. The largest absolute Gasteiger partial charge is 0.480 e. The molecule has 1 heterocycles. The summed E-state index contributed by atoms with van der Waals surface area (Å²) in [6.07, 6.45) is 3.23. The van der Waals surface area contributed by atoms with Crippen LogP contribution in [0.5, 0.6) is 0 Å². The molecule has 2 rings (SSSR count). The number of nitrogens with zero attached hydrogens (tertiary/aromatic N) is 2. The molecule has 9 nitrogen and oxygen atoms in total. The zero-order valence-electron chi connectivity index (χ0n) is 17.4. The number of carbonyl (C=O) groups is 3. The molecule has 0 radical (unpaired) electrons. The quantitative estimate of drug-likeness (QED) is 0.500. The van der Waals surface area contributed by atoms with E-state index < -0.39 is 29.5 Å². The molecule has 1 aromatic heterocycles. The molecule has 0 bridgehead atoms. The summed E-state index contributed by atoms with van der Waals surface area (Å²) in [5.41, 5.74) is 0.835. The number of imidazole rings is 1. The van der Waals surface area contributed by atoms with E-state index >= 15 is 0 Å². The second-order valence-corrected chi connectivity index (χ2v) is 7.96. The number of aromatic amines is 1. The Bertz CT molecular complexity index is 831. The van der Waals surface area contributed by atoms with Gasteiger partial charge < -0.3 is 20.1 Å². The predicted octanol–water partition coefficient (Wildman–Crippen LogP) is 1.37. The van der Waals surface area contributed by atoms with Gasteiger partial charge in [-0.15, -0.1) is 0 Å². The summed E-state index contributed by atoms with van der Waals surface area (Å²) in [4.78, 5) is 44.8. The minimum absolute atomic E-state index is 0.177. The third-order valence-corrected chi connectivity index (χ3v) is 3.98. The van der Waals surface area contributed by atoms with Crippen LogP contribution in [0.2, 0.25) is 0 Å². The number of aromatic nitrogens is 2. The lowest BCUT2D eigenvalue weighted by atomic mass is 10.1. The Labute approximate surface area is 175 Å². The monoisotopic (exact) mass is 416 g/mol. The number of esters is 1. The van der Waals surface area contributed by atoms with E-state index in [1.807, 2.05) is 30.3 Å². The van der Waals surface area contributed by atoms with Crippen LogP contribution in [0.4, 0.5) is 0 Å². The van der Waals surface area contributed by atoms with Crippen molar-refractivity contribution in [3.05, 3.63) is 54.1 Å². The fourth-order valence-corrected chi connectivity index (χ4v) is 2.83. The fraction of sp³-hybridized carbons (Fsp3) is 0.429. The van der Waals surface area contributed by atoms with Crippen molar-refractivity contribution in [3.8, 4) is 0 Å². The highest BCUT2D eigenvalue weighted by atomic mass is 16.6. The van der Waals surface area contributed by atoms with Crippen LogP contribution in [0, 0.1) is 0 Å². The van der Waals surface area contributed by atoms with Crippen LogP contribution in [0.15, 0.2) is 42.9 Å². The Hall–Kier alpha value is -3.20. The summed E-state index contributed by atoms with van der Waals surface area (Å²) in [6, 6.07) is 8.33. The predicted molar refractivity (Wildman–Crippen MR) is 109 cm³/mol. The fourth-order valence-electron chi connectivity index (χ4n) is 2.83. The van der Waals surface area contributed by atoms with Gasteiger partial charge >= 0.3 is 11.9 Å². The third kappa shape index (κ3) is 8.44. The van der Waals surface area contributed by atoms with E-state index in [-0.39, 0.29) is 26.1 Å². The van der Waals surface area contributed by atoms with E-state index in [1.54, 1.807) is 27.0 Å². The Kier molecular flexibility index (Phi) is 8.11. The van der Waals surface area contributed by atoms with E-state index in [0.29, 0.717) is 5.69 Å². The standard InChI is InChI=1S/C21H28N4O5/c1-21(2,3)30-20(29)17(9-16-10-22-14-23-16)24-18(26)12-25(13-19(27)28)11-15-7-5-4-6-8-15/h4-8,10,14,17H,9,11-13H2,1-3H3,(H,22,23)(H,24,26)(H,27,28). The summed E-state index contributed by atoms with van der Waals surface area (Å²) in [6.45, 7) is 5.04. The number of benzene rings is 1. The topological polar surface area (TPSA) is 125 Å². The maximum atomic E-state index is 12.7. The molecule has 3 N–H and O–H groups in total. The van der Waals surface area contributed by atoms with Crippen molar-refractivity contribution < 1.29 is 24.2 Å². The summed E-state index contributed by atoms with van der Waals surface area (Å²) < 4.78 is 5.42. The summed E-state index contributed by atoms with van der Waals surface area (Å²) in [5.74, 6) is -2.08. The first kappa shape index (κ1) is 23.1. The van der Waals surface area contributed by atoms with Crippen molar-refractivity contribution in [1.82, 2.24) is 20.2 Å². The van der Waals surface area contributed by atoms with E-state index in [2.05, 4.69) is 15.3 Å². The van der Waals surface area contributed by atoms with Gasteiger partial charge in [-0.25, -0.2) is 9.78 Å². The number of hydrogen-bond donors (Lipinski definition) is 3. The van der Waals surface area contributed by atoms with Crippen LogP contribution in [0.1, 0.15) is 32.0 Å². The van der Waals surface area contributed by atoms with Gasteiger partial charge in [0.2, 0.25) is 5.91 Å². The molecule has 0 saturated heterocycles. The summed E-state index contributed by atoms with van der Waals surface area (Å²) in [7, 11) is 0. The van der Waals surface area contributed by atoms with Gasteiger partial charge in [0.25, 0.3) is 0 Å². The van der Waals surface area contributed by atoms with Gasteiger partial charge in [0.1, 0.15) is 11.6 Å². The number of H-pyrrole nitrogens is 1. The first-order valence-electron chi connectivity index (χ1n) is 9.60. The average molecular weight is 416 g/mol. The summed E-state index contributed by atoms with van der Waals surface area (Å²) >= 11 is 0. The van der Waals surface area contributed by atoms with E-state index in [9.17, 15) is 19.5 Å². The Morgan fingerprint density at radius 3 is 2.47 bits per heavy atom. The van der Waals surface area contributed by atoms with Crippen molar-refractivity contribution in [2.24, 2.45) is 0 Å². The molecule has 1 atom stereocenters. The maximum Gasteiger partial charge on any atom is 0.329 e. The first-order chi connectivity index (χ1) is 14.1. The van der Waals surface area contributed by atoms with Crippen LogP contribution in [-0.2, 0) is 32.1 Å². The van der Waals surface area contributed by atoms with Gasteiger partial charge in [0.15, 0.2) is 0 Å². The van der Waals surface area contributed by atoms with Crippen molar-refractivity contribution in [2.45, 2.75) is 45.4 Å². The van der Waals surface area contributed by atoms with Crippen LogP contribution in [0.3, 0.4) is 0 Å². The van der Waals surface area contributed by atoms with E-state index in [1.165, 1.54) is 11.2 Å². The van der Waals surface area contributed by atoms with Gasteiger partial charge in [-0.05, 0) is 26.3 Å². The van der Waals surface area contributed by atoms with E-state index in [0.717, 1.165) is 5.56 Å². The molecule has 0 aliphatic rings. The van der Waals surface area contributed by atoms with E-state index in [4.69, 9.17) is 4.74 Å². The molecule has 30 heavy (non-hydrogen) atoms. The molecule has 0 aliphatic carbocycles. The SMILES string of the molecule is CC(C)(C)OC(=O)C(Cc1cnc[nH]1)NC(=O)CN(CC(=O)O)Cc1ccccc1. The minimum Gasteiger partial charge on any atom is -0.480 e. The van der Waals surface area contributed by atoms with Crippen molar-refractivity contribution in [1.29, 1.82) is 0 Å². The molecule has 162 valence electrons. The van der Waals surface area contributed by atoms with Gasteiger partial charge in [-0.2, -0.15) is 0 Å². The molecule has 2 aromatic rings. The Morgan fingerprint density at radius 1 is 1.20 bits per heavy atom. The van der Waals surface area contributed by atoms with Crippen LogP contribution >= 0.6 is 0 Å². The average Bonchev–Trinajstić information content (AvgIpc) is 3.13. The minimum atomic E-state index is -1.04. The highest BCUT2D eigenvalue weighted by Crippen LogP contribution is 2.11.